The van der Waals surface area contributed by atoms with Gasteiger partial charge in [-0.3, -0.25) is 0 Å². The zero-order chi connectivity index (χ0) is 15.0. The predicted molar refractivity (Wildman–Crippen MR) is 82.6 cm³/mol. The molecule has 0 saturated carbocycles. The summed E-state index contributed by atoms with van der Waals surface area (Å²) in [6, 6.07) is 9.80. The van der Waals surface area contributed by atoms with Crippen LogP contribution in [-0.2, 0) is 10.3 Å². The quantitative estimate of drug-likeness (QED) is 0.721. The van der Waals surface area contributed by atoms with Crippen LogP contribution >= 0.6 is 0 Å². The van der Waals surface area contributed by atoms with Crippen LogP contribution < -0.4 is 5.73 Å². The van der Waals surface area contributed by atoms with E-state index in [4.69, 9.17) is 10.5 Å². The molecule has 1 aromatic carbocycles. The van der Waals surface area contributed by atoms with E-state index in [9.17, 15) is 5.11 Å². The lowest BCUT2D eigenvalue weighted by molar-refractivity contribution is 0.0614. The summed E-state index contributed by atoms with van der Waals surface area (Å²) in [5, 5.41) is 9.63. The highest BCUT2D eigenvalue weighted by Gasteiger charge is 2.26. The minimum atomic E-state index is -0.672. The normalized spacial score (nSPS) is 14.8. The number of ether oxygens (including phenoxy) is 1. The van der Waals surface area contributed by atoms with Crippen molar-refractivity contribution in [2.75, 3.05) is 33.4 Å². The van der Waals surface area contributed by atoms with Crippen molar-refractivity contribution in [1.82, 2.24) is 4.90 Å². The lowest BCUT2D eigenvalue weighted by Gasteiger charge is -2.30. The topological polar surface area (TPSA) is 58.7 Å². The Labute approximate surface area is 122 Å². The molecule has 0 aliphatic rings. The largest absolute Gasteiger partial charge is 0.394 e. The molecule has 4 heteroatoms. The number of likely N-dealkylation sites (N-methyl/N-ethyl adjacent to an activating group) is 1. The van der Waals surface area contributed by atoms with Gasteiger partial charge in [0.25, 0.3) is 0 Å². The molecule has 1 aromatic rings. The smallest absolute Gasteiger partial charge is 0.0656 e. The molecule has 20 heavy (non-hydrogen) atoms. The predicted octanol–water partition coefficient (Wildman–Crippen LogP) is 1.58. The van der Waals surface area contributed by atoms with Crippen LogP contribution in [0.1, 0.15) is 25.8 Å². The van der Waals surface area contributed by atoms with Crippen molar-refractivity contribution >= 4 is 0 Å². The number of aliphatic hydroxyl groups excluding tert-OH is 1. The van der Waals surface area contributed by atoms with Crippen LogP contribution in [0.4, 0.5) is 0 Å². The Morgan fingerprint density at radius 2 is 1.90 bits per heavy atom. The molecule has 1 rings (SSSR count). The highest BCUT2D eigenvalue weighted by molar-refractivity contribution is 5.24. The summed E-state index contributed by atoms with van der Waals surface area (Å²) in [6.07, 6.45) is 0.977. The van der Waals surface area contributed by atoms with Crippen molar-refractivity contribution in [2.24, 2.45) is 5.73 Å². The van der Waals surface area contributed by atoms with Crippen molar-refractivity contribution in [3.63, 3.8) is 0 Å². The summed E-state index contributed by atoms with van der Waals surface area (Å²) in [6.45, 7) is 6.43. The van der Waals surface area contributed by atoms with Gasteiger partial charge in [-0.15, -0.1) is 0 Å². The van der Waals surface area contributed by atoms with E-state index >= 15 is 0 Å². The lowest BCUT2D eigenvalue weighted by Crippen LogP contribution is -2.43. The maximum Gasteiger partial charge on any atom is 0.0656 e. The van der Waals surface area contributed by atoms with E-state index in [1.165, 1.54) is 0 Å². The zero-order valence-corrected chi connectivity index (χ0v) is 12.9. The van der Waals surface area contributed by atoms with Gasteiger partial charge in [-0.05, 0) is 32.9 Å². The third-order valence-electron chi connectivity index (χ3n) is 3.49. The van der Waals surface area contributed by atoms with Crippen molar-refractivity contribution in [3.8, 4) is 0 Å². The fourth-order valence-corrected chi connectivity index (χ4v) is 2.03. The minimum Gasteiger partial charge on any atom is -0.394 e. The third kappa shape index (κ3) is 5.59. The van der Waals surface area contributed by atoms with Gasteiger partial charge in [-0.2, -0.15) is 0 Å². The molecule has 0 amide bonds. The molecule has 0 saturated heterocycles. The van der Waals surface area contributed by atoms with Crippen LogP contribution in [0.15, 0.2) is 30.3 Å². The van der Waals surface area contributed by atoms with E-state index in [0.717, 1.165) is 25.3 Å². The summed E-state index contributed by atoms with van der Waals surface area (Å²) in [5.41, 5.74) is 6.64. The second kappa shape index (κ2) is 8.37. The van der Waals surface area contributed by atoms with Gasteiger partial charge >= 0.3 is 0 Å². The summed E-state index contributed by atoms with van der Waals surface area (Å²) >= 11 is 0. The monoisotopic (exact) mass is 280 g/mol. The van der Waals surface area contributed by atoms with E-state index in [1.807, 2.05) is 51.2 Å². The second-order valence-corrected chi connectivity index (χ2v) is 5.65. The van der Waals surface area contributed by atoms with Crippen LogP contribution in [-0.4, -0.2) is 49.5 Å². The van der Waals surface area contributed by atoms with Gasteiger partial charge < -0.3 is 20.5 Å². The molecule has 0 aliphatic carbocycles. The van der Waals surface area contributed by atoms with E-state index in [0.29, 0.717) is 6.42 Å². The summed E-state index contributed by atoms with van der Waals surface area (Å²) in [7, 11) is 2.05. The fraction of sp³-hybridized carbons (Fsp3) is 0.625. The number of rotatable bonds is 9. The van der Waals surface area contributed by atoms with Gasteiger partial charge in [0.15, 0.2) is 0 Å². The summed E-state index contributed by atoms with van der Waals surface area (Å²) in [4.78, 5) is 2.18. The average molecular weight is 280 g/mol. The first kappa shape index (κ1) is 17.1. The van der Waals surface area contributed by atoms with Crippen LogP contribution in [0.5, 0.6) is 0 Å². The number of hydrogen-bond donors (Lipinski definition) is 2. The molecule has 1 unspecified atom stereocenters. The molecule has 0 aliphatic heterocycles. The Morgan fingerprint density at radius 1 is 1.25 bits per heavy atom. The molecule has 0 aromatic heterocycles. The number of nitrogens with zero attached hydrogens (tertiary/aromatic N) is 1. The van der Waals surface area contributed by atoms with Crippen LogP contribution in [0, 0.1) is 0 Å². The molecule has 0 heterocycles. The summed E-state index contributed by atoms with van der Waals surface area (Å²) < 4.78 is 5.53. The van der Waals surface area contributed by atoms with E-state index < -0.39 is 5.54 Å². The highest BCUT2D eigenvalue weighted by atomic mass is 16.5. The Hall–Kier alpha value is -0.940. The fourth-order valence-electron chi connectivity index (χ4n) is 2.03. The van der Waals surface area contributed by atoms with E-state index in [1.54, 1.807) is 0 Å². The Morgan fingerprint density at radius 3 is 2.45 bits per heavy atom. The number of benzene rings is 1. The van der Waals surface area contributed by atoms with Gasteiger partial charge in [0.05, 0.1) is 24.9 Å². The van der Waals surface area contributed by atoms with Gasteiger partial charge in [-0.1, -0.05) is 30.3 Å². The molecule has 0 fully saturated rings. The van der Waals surface area contributed by atoms with Crippen molar-refractivity contribution in [3.05, 3.63) is 35.9 Å². The Balaban J connectivity index is 2.45. The molecule has 4 nitrogen and oxygen atoms in total. The van der Waals surface area contributed by atoms with Crippen molar-refractivity contribution < 1.29 is 9.84 Å². The van der Waals surface area contributed by atoms with Crippen molar-refractivity contribution in [2.45, 2.75) is 31.9 Å². The first-order valence-corrected chi connectivity index (χ1v) is 7.23. The molecule has 1 atom stereocenters. The Bertz CT molecular complexity index is 370. The SMILES string of the molecule is CC(C)OCCN(C)CCC(N)(CO)c1ccccc1. The molecule has 114 valence electrons. The van der Waals surface area contributed by atoms with Crippen molar-refractivity contribution in [1.29, 1.82) is 0 Å². The third-order valence-corrected chi connectivity index (χ3v) is 3.49. The zero-order valence-electron chi connectivity index (χ0n) is 12.9. The van der Waals surface area contributed by atoms with Crippen LogP contribution in [0.3, 0.4) is 0 Å². The van der Waals surface area contributed by atoms with Gasteiger partial charge in [0.2, 0.25) is 0 Å². The molecular formula is C16H28N2O2. The molecule has 0 bridgehead atoms. The van der Waals surface area contributed by atoms with Gasteiger partial charge in [0.1, 0.15) is 0 Å². The lowest BCUT2D eigenvalue weighted by atomic mass is 9.88. The number of aliphatic hydroxyl groups is 1. The highest BCUT2D eigenvalue weighted by Crippen LogP contribution is 2.21. The van der Waals surface area contributed by atoms with E-state index in [2.05, 4.69) is 4.90 Å². The molecule has 3 N–H and O–H groups in total. The number of hydrogen-bond acceptors (Lipinski definition) is 4. The second-order valence-electron chi connectivity index (χ2n) is 5.65. The first-order valence-electron chi connectivity index (χ1n) is 7.23. The maximum atomic E-state index is 9.63. The summed E-state index contributed by atoms with van der Waals surface area (Å²) in [5.74, 6) is 0. The minimum absolute atomic E-state index is 0.0483. The van der Waals surface area contributed by atoms with E-state index in [-0.39, 0.29) is 12.7 Å². The van der Waals surface area contributed by atoms with Gasteiger partial charge in [0, 0.05) is 13.1 Å². The Kier molecular flexibility index (Phi) is 7.16. The van der Waals surface area contributed by atoms with Crippen LogP contribution in [0.25, 0.3) is 0 Å². The number of nitrogens with two attached hydrogens (primary N) is 1. The van der Waals surface area contributed by atoms with Gasteiger partial charge in [-0.25, -0.2) is 0 Å². The maximum absolute atomic E-state index is 9.63. The average Bonchev–Trinajstić information content (AvgIpc) is 2.45. The standard InChI is InChI=1S/C16H28N2O2/c1-14(2)20-12-11-18(3)10-9-16(17,13-19)15-7-5-4-6-8-15/h4-8,14,19H,9-13,17H2,1-3H3. The molecule has 0 radical (unpaired) electrons. The van der Waals surface area contributed by atoms with Crippen LogP contribution in [0.2, 0.25) is 0 Å². The first-order chi connectivity index (χ1) is 9.48. The molecular weight excluding hydrogens is 252 g/mol. The molecule has 0 spiro atoms.